The second kappa shape index (κ2) is 10.1. The van der Waals surface area contributed by atoms with Crippen LogP contribution in [0.3, 0.4) is 0 Å². The number of nitrogens with one attached hydrogen (secondary N) is 1. The first kappa shape index (κ1) is 25.2. The normalized spacial score (nSPS) is 12.4. The smallest absolute Gasteiger partial charge is 0.162 e. The quantitative estimate of drug-likeness (QED) is 0.168. The fraction of sp³-hybridized carbons (Fsp3) is 0. The van der Waals surface area contributed by atoms with Crippen molar-refractivity contribution in [1.82, 2.24) is 0 Å². The summed E-state index contributed by atoms with van der Waals surface area (Å²) < 4.78 is 12.5. The third kappa shape index (κ3) is 4.13. The lowest BCUT2D eigenvalue weighted by Gasteiger charge is -2.08. The molecule has 0 bridgehead atoms. The molecule has 43 heavy (non-hydrogen) atoms. The second-order valence-electron chi connectivity index (χ2n) is 10.3. The Morgan fingerprint density at radius 1 is 0.605 bits per heavy atom. The van der Waals surface area contributed by atoms with Gasteiger partial charge in [-0.15, -0.1) is 0 Å². The molecule has 0 amide bonds. The molecule has 2 heterocycles. The first-order valence-electron chi connectivity index (χ1n) is 13.9. The average Bonchev–Trinajstić information content (AvgIpc) is 3.64. The molecule has 8 aromatic rings. The summed E-state index contributed by atoms with van der Waals surface area (Å²) in [5.41, 5.74) is 5.19. The van der Waals surface area contributed by atoms with Crippen molar-refractivity contribution in [2.75, 3.05) is 0 Å². The third-order valence-corrected chi connectivity index (χ3v) is 8.14. The number of halogens is 1. The largest absolute Gasteiger partial charge is 0.456 e. The molecule has 0 aliphatic carbocycles. The maximum absolute atomic E-state index is 8.86. The van der Waals surface area contributed by atoms with Gasteiger partial charge in [0.05, 0.1) is 5.02 Å². The van der Waals surface area contributed by atoms with Gasteiger partial charge in [-0.05, 0) is 18.2 Å². The van der Waals surface area contributed by atoms with E-state index in [-0.39, 0.29) is 5.84 Å². The Morgan fingerprint density at radius 3 is 1.98 bits per heavy atom. The Labute approximate surface area is 250 Å². The van der Waals surface area contributed by atoms with Gasteiger partial charge in [0, 0.05) is 55.2 Å². The Kier molecular flexibility index (Phi) is 5.91. The minimum Gasteiger partial charge on any atom is -0.456 e. The van der Waals surface area contributed by atoms with Crippen LogP contribution in [0, 0.1) is 5.41 Å². The number of para-hydroxylation sites is 2. The highest BCUT2D eigenvalue weighted by Crippen LogP contribution is 2.41. The average molecular weight is 576 g/mol. The van der Waals surface area contributed by atoms with Crippen LogP contribution in [0.2, 0.25) is 5.02 Å². The summed E-state index contributed by atoms with van der Waals surface area (Å²) in [7, 11) is 0. The fourth-order valence-corrected chi connectivity index (χ4v) is 6.07. The van der Waals surface area contributed by atoms with Crippen LogP contribution in [0.1, 0.15) is 16.7 Å². The molecule has 6 aromatic carbocycles. The Morgan fingerprint density at radius 2 is 1.21 bits per heavy atom. The van der Waals surface area contributed by atoms with Crippen molar-refractivity contribution in [3.8, 4) is 0 Å². The number of hydrogen-bond acceptors (Lipinski definition) is 3. The predicted molar refractivity (Wildman–Crippen MR) is 177 cm³/mol. The zero-order valence-corrected chi connectivity index (χ0v) is 23.5. The van der Waals surface area contributed by atoms with Gasteiger partial charge in [-0.25, -0.2) is 9.98 Å². The van der Waals surface area contributed by atoms with Crippen LogP contribution in [-0.4, -0.2) is 17.9 Å². The molecule has 0 aliphatic rings. The number of nitrogens with zero attached hydrogens (tertiary/aromatic N) is 2. The van der Waals surface area contributed by atoms with Gasteiger partial charge in [0.15, 0.2) is 11.7 Å². The van der Waals surface area contributed by atoms with E-state index >= 15 is 0 Å². The lowest BCUT2D eigenvalue weighted by molar-refractivity contribution is 0.669. The molecular weight excluding hydrogens is 554 g/mol. The fourth-order valence-electron chi connectivity index (χ4n) is 5.76. The van der Waals surface area contributed by atoms with Crippen molar-refractivity contribution in [3.63, 3.8) is 0 Å². The van der Waals surface area contributed by atoms with Crippen LogP contribution in [0.15, 0.2) is 140 Å². The molecular formula is C37H22ClN3O2. The van der Waals surface area contributed by atoms with Gasteiger partial charge in [-0.1, -0.05) is 115 Å². The lowest BCUT2D eigenvalue weighted by Crippen LogP contribution is -2.05. The number of amidine groups is 2. The maximum Gasteiger partial charge on any atom is 0.162 e. The van der Waals surface area contributed by atoms with E-state index in [1.807, 2.05) is 121 Å². The molecule has 8 rings (SSSR count). The summed E-state index contributed by atoms with van der Waals surface area (Å²) >= 11 is 7.13. The first-order chi connectivity index (χ1) is 21.2. The molecule has 5 nitrogen and oxygen atoms in total. The molecule has 204 valence electrons. The topological polar surface area (TPSA) is 74.8 Å². The van der Waals surface area contributed by atoms with Gasteiger partial charge < -0.3 is 8.83 Å². The SMILES string of the molecule is N=C(N=C(N=Cc1c(Cl)c2ccccc2c2oc3ccccc3c12)c1cccc2oc3ccccc3c12)c1ccccc1. The van der Waals surface area contributed by atoms with Crippen LogP contribution in [0.5, 0.6) is 0 Å². The zero-order chi connectivity index (χ0) is 28.9. The van der Waals surface area contributed by atoms with E-state index in [4.69, 9.17) is 35.8 Å². The van der Waals surface area contributed by atoms with E-state index < -0.39 is 0 Å². The summed E-state index contributed by atoms with van der Waals surface area (Å²) in [6.45, 7) is 0. The molecule has 0 saturated heterocycles. The van der Waals surface area contributed by atoms with E-state index in [2.05, 4.69) is 0 Å². The molecule has 6 heteroatoms. The van der Waals surface area contributed by atoms with Crippen molar-refractivity contribution in [3.05, 3.63) is 143 Å². The summed E-state index contributed by atoms with van der Waals surface area (Å²) in [5, 5.41) is 14.9. The molecule has 1 N–H and O–H groups in total. The van der Waals surface area contributed by atoms with Crippen LogP contribution < -0.4 is 0 Å². The second-order valence-corrected chi connectivity index (χ2v) is 10.6. The standard InChI is InChI=1S/C37H22ClN3O2/c38-34-23-13-4-5-14-24(23)35-33(26-16-7-9-19-30(26)43-35)28(34)21-40-37(41-36(39)22-11-2-1-3-12-22)27-17-10-20-31-32(27)25-15-6-8-18-29(25)42-31/h1-21,39H. The number of rotatable bonds is 3. The number of benzene rings is 6. The molecule has 0 spiro atoms. The molecule has 0 fully saturated rings. The van der Waals surface area contributed by atoms with Gasteiger partial charge in [0.25, 0.3) is 0 Å². The van der Waals surface area contributed by atoms with Crippen molar-refractivity contribution >= 4 is 84.1 Å². The highest BCUT2D eigenvalue weighted by atomic mass is 35.5. The first-order valence-corrected chi connectivity index (χ1v) is 14.2. The van der Waals surface area contributed by atoms with Crippen LogP contribution in [-0.2, 0) is 0 Å². The molecule has 0 aliphatic heterocycles. The molecule has 0 radical (unpaired) electrons. The number of fused-ring (bicyclic) bond motifs is 8. The highest BCUT2D eigenvalue weighted by Gasteiger charge is 2.20. The van der Waals surface area contributed by atoms with E-state index in [1.165, 1.54) is 0 Å². The zero-order valence-electron chi connectivity index (χ0n) is 22.7. The number of furan rings is 2. The minimum atomic E-state index is 0.0982. The Hall–Kier alpha value is -5.52. The van der Waals surface area contributed by atoms with Gasteiger partial charge in [-0.3, -0.25) is 5.41 Å². The van der Waals surface area contributed by atoms with Crippen LogP contribution in [0.4, 0.5) is 0 Å². The molecule has 0 unspecified atom stereocenters. The summed E-state index contributed by atoms with van der Waals surface area (Å²) in [5.74, 6) is 0.470. The van der Waals surface area contributed by atoms with E-state index in [1.54, 1.807) is 6.21 Å². The molecule has 2 aromatic heterocycles. The molecule has 0 atom stereocenters. The van der Waals surface area contributed by atoms with Gasteiger partial charge in [-0.2, -0.15) is 0 Å². The minimum absolute atomic E-state index is 0.0982. The summed E-state index contributed by atoms with van der Waals surface area (Å²) in [6, 6.07) is 39.0. The van der Waals surface area contributed by atoms with E-state index in [9.17, 15) is 0 Å². The van der Waals surface area contributed by atoms with Crippen LogP contribution >= 0.6 is 11.6 Å². The van der Waals surface area contributed by atoms with E-state index in [0.29, 0.717) is 16.4 Å². The molecule has 0 saturated carbocycles. The summed E-state index contributed by atoms with van der Waals surface area (Å²) in [4.78, 5) is 9.77. The predicted octanol–water partition coefficient (Wildman–Crippen LogP) is 10.2. The Bertz CT molecular complexity index is 2430. The number of aliphatic imine (C=N–C) groups is 2. The van der Waals surface area contributed by atoms with Gasteiger partial charge >= 0.3 is 0 Å². The lowest BCUT2D eigenvalue weighted by atomic mass is 10.0. The number of hydrogen-bond donors (Lipinski definition) is 1. The van der Waals surface area contributed by atoms with Crippen molar-refractivity contribution < 1.29 is 8.83 Å². The van der Waals surface area contributed by atoms with Crippen molar-refractivity contribution in [2.24, 2.45) is 9.98 Å². The van der Waals surface area contributed by atoms with Crippen molar-refractivity contribution in [1.29, 1.82) is 5.41 Å². The summed E-state index contributed by atoms with van der Waals surface area (Å²) in [6.07, 6.45) is 1.75. The third-order valence-electron chi connectivity index (χ3n) is 7.73. The Balaban J connectivity index is 1.40. The van der Waals surface area contributed by atoms with E-state index in [0.717, 1.165) is 65.8 Å². The highest BCUT2D eigenvalue weighted by molar-refractivity contribution is 6.42. The maximum atomic E-state index is 8.86. The van der Waals surface area contributed by atoms with Gasteiger partial charge in [0.2, 0.25) is 0 Å². The van der Waals surface area contributed by atoms with Gasteiger partial charge in [0.1, 0.15) is 22.3 Å². The van der Waals surface area contributed by atoms with Crippen LogP contribution in [0.25, 0.3) is 54.6 Å². The van der Waals surface area contributed by atoms with Crippen molar-refractivity contribution in [2.45, 2.75) is 0 Å². The monoisotopic (exact) mass is 575 g/mol.